The number of hydrogen-bond acceptors (Lipinski definition) is 3. The molecule has 5 nitrogen and oxygen atoms in total. The van der Waals surface area contributed by atoms with E-state index in [1.807, 2.05) is 29.2 Å². The molecule has 148 valence electrons. The van der Waals surface area contributed by atoms with Gasteiger partial charge in [0.25, 0.3) is 0 Å². The number of aromatic nitrogens is 1. The van der Waals surface area contributed by atoms with Crippen LogP contribution in [0.15, 0.2) is 42.5 Å². The molecule has 5 rings (SSSR count). The number of H-pyrrole nitrogens is 1. The second-order valence-corrected chi connectivity index (χ2v) is 8.01. The summed E-state index contributed by atoms with van der Waals surface area (Å²) in [5, 5.41) is 1.39. The minimum absolute atomic E-state index is 0.0907. The van der Waals surface area contributed by atoms with Crippen molar-refractivity contribution < 1.29 is 14.0 Å². The molecule has 0 unspecified atom stereocenters. The van der Waals surface area contributed by atoms with Crippen molar-refractivity contribution >= 4 is 34.3 Å². The van der Waals surface area contributed by atoms with Gasteiger partial charge in [-0.15, -0.1) is 0 Å². The van der Waals surface area contributed by atoms with Crippen molar-refractivity contribution in [1.82, 2.24) is 14.8 Å². The molecule has 0 bridgehead atoms. The first-order valence-electron chi connectivity index (χ1n) is 9.57. The van der Waals surface area contributed by atoms with Gasteiger partial charge in [-0.25, -0.2) is 4.39 Å². The third-order valence-corrected chi connectivity index (χ3v) is 6.43. The van der Waals surface area contributed by atoms with Crippen LogP contribution in [0.3, 0.4) is 0 Å². The fourth-order valence-corrected chi connectivity index (χ4v) is 4.94. The summed E-state index contributed by atoms with van der Waals surface area (Å²) in [5.41, 5.74) is 3.23. The van der Waals surface area contributed by atoms with Gasteiger partial charge in [-0.05, 0) is 30.2 Å². The number of carbonyl (C=O) groups excluding carboxylic acids is 2. The lowest BCUT2D eigenvalue weighted by molar-refractivity contribution is -0.138. The maximum atomic E-state index is 15.0. The van der Waals surface area contributed by atoms with E-state index in [0.717, 1.165) is 27.1 Å². The summed E-state index contributed by atoms with van der Waals surface area (Å²) in [6, 6.07) is 11.3. The number of imide groups is 1. The van der Waals surface area contributed by atoms with E-state index in [-0.39, 0.29) is 18.2 Å². The molecule has 0 aliphatic carbocycles. The zero-order chi connectivity index (χ0) is 20.3. The van der Waals surface area contributed by atoms with Gasteiger partial charge in [0.05, 0.1) is 18.5 Å². The van der Waals surface area contributed by atoms with Crippen LogP contribution < -0.4 is 0 Å². The average Bonchev–Trinajstić information content (AvgIpc) is 3.21. The Bertz CT molecular complexity index is 1140. The molecule has 1 N–H and O–H groups in total. The molecule has 7 heteroatoms. The summed E-state index contributed by atoms with van der Waals surface area (Å²) in [6.45, 7) is 0.529. The summed E-state index contributed by atoms with van der Waals surface area (Å²) in [5.74, 6) is -0.906. The highest BCUT2D eigenvalue weighted by molar-refractivity contribution is 6.31. The van der Waals surface area contributed by atoms with Crippen LogP contribution in [-0.2, 0) is 16.0 Å². The van der Waals surface area contributed by atoms with Crippen molar-refractivity contribution in [2.75, 3.05) is 13.6 Å². The number of para-hydroxylation sites is 1. The number of benzene rings is 2. The molecule has 0 spiro atoms. The summed E-state index contributed by atoms with van der Waals surface area (Å²) in [4.78, 5) is 31.5. The quantitative estimate of drug-likeness (QED) is 0.655. The van der Waals surface area contributed by atoms with Crippen LogP contribution in [0.25, 0.3) is 10.9 Å². The lowest BCUT2D eigenvalue weighted by atomic mass is 9.90. The van der Waals surface area contributed by atoms with Crippen molar-refractivity contribution in [3.05, 3.63) is 70.1 Å². The van der Waals surface area contributed by atoms with Crippen molar-refractivity contribution in [3.63, 3.8) is 0 Å². The van der Waals surface area contributed by atoms with Gasteiger partial charge >= 0.3 is 0 Å². The zero-order valence-electron chi connectivity index (χ0n) is 15.8. The van der Waals surface area contributed by atoms with Gasteiger partial charge in [-0.3, -0.25) is 19.4 Å². The molecule has 1 fully saturated rings. The normalized spacial score (nSPS) is 22.5. The van der Waals surface area contributed by atoms with Crippen molar-refractivity contribution in [2.24, 2.45) is 0 Å². The fraction of sp³-hybridized carbons (Fsp3) is 0.273. The van der Waals surface area contributed by atoms with Gasteiger partial charge in [-0.1, -0.05) is 35.9 Å². The number of likely N-dealkylation sites (tertiary alicyclic amines) is 1. The summed E-state index contributed by atoms with van der Waals surface area (Å²) >= 11 is 6.45. The minimum Gasteiger partial charge on any atom is -0.357 e. The predicted octanol–water partition coefficient (Wildman–Crippen LogP) is 3.67. The molecule has 0 saturated carbocycles. The predicted molar refractivity (Wildman–Crippen MR) is 108 cm³/mol. The van der Waals surface area contributed by atoms with Crippen molar-refractivity contribution in [2.45, 2.75) is 24.9 Å². The van der Waals surface area contributed by atoms with Crippen LogP contribution in [0.5, 0.6) is 0 Å². The maximum Gasteiger partial charge on any atom is 0.246 e. The molecule has 2 amide bonds. The second-order valence-electron chi connectivity index (χ2n) is 7.60. The third-order valence-electron chi connectivity index (χ3n) is 6.10. The van der Waals surface area contributed by atoms with E-state index >= 15 is 4.39 Å². The number of halogens is 2. The van der Waals surface area contributed by atoms with Gasteiger partial charge in [0.15, 0.2) is 0 Å². The highest BCUT2D eigenvalue weighted by Gasteiger charge is 2.46. The topological polar surface area (TPSA) is 56.4 Å². The molecule has 29 heavy (non-hydrogen) atoms. The van der Waals surface area contributed by atoms with Gasteiger partial charge in [0.2, 0.25) is 11.8 Å². The van der Waals surface area contributed by atoms with Gasteiger partial charge in [0, 0.05) is 40.8 Å². The highest BCUT2D eigenvalue weighted by atomic mass is 35.5. The number of fused-ring (bicyclic) bond motifs is 3. The van der Waals surface area contributed by atoms with E-state index in [2.05, 4.69) is 4.98 Å². The average molecular weight is 412 g/mol. The Morgan fingerprint density at radius 3 is 2.66 bits per heavy atom. The van der Waals surface area contributed by atoms with Gasteiger partial charge in [-0.2, -0.15) is 0 Å². The summed E-state index contributed by atoms with van der Waals surface area (Å²) in [7, 11) is 1.49. The molecule has 1 saturated heterocycles. The van der Waals surface area contributed by atoms with E-state index < -0.39 is 17.9 Å². The second kappa shape index (κ2) is 6.68. The first kappa shape index (κ1) is 18.3. The number of carbonyl (C=O) groups is 2. The Balaban J connectivity index is 1.72. The Labute approximate surface area is 172 Å². The summed E-state index contributed by atoms with van der Waals surface area (Å²) < 4.78 is 15.0. The standard InChI is InChI=1S/C22H19ClFN3O2/c1-26-18(28)11-17(22(26)29)27-10-9-13-12-5-2-3-8-16(12)25-20(13)21(27)19-14(23)6-4-7-15(19)24/h2-8,17,21,25H,9-11H2,1H3/t17-,21+/m0/s1. The lowest BCUT2D eigenvalue weighted by Crippen LogP contribution is -2.47. The smallest absolute Gasteiger partial charge is 0.246 e. The van der Waals surface area contributed by atoms with E-state index in [4.69, 9.17) is 11.6 Å². The number of likely N-dealkylation sites (N-methyl/N-ethyl adjacent to an activating group) is 1. The molecule has 2 aliphatic heterocycles. The third kappa shape index (κ3) is 2.70. The number of rotatable bonds is 2. The van der Waals surface area contributed by atoms with E-state index in [0.29, 0.717) is 23.6 Å². The van der Waals surface area contributed by atoms with E-state index in [1.165, 1.54) is 13.1 Å². The van der Waals surface area contributed by atoms with Crippen molar-refractivity contribution in [3.8, 4) is 0 Å². The number of aromatic amines is 1. The number of hydrogen-bond donors (Lipinski definition) is 1. The van der Waals surface area contributed by atoms with E-state index in [1.54, 1.807) is 12.1 Å². The van der Waals surface area contributed by atoms with Crippen LogP contribution >= 0.6 is 11.6 Å². The van der Waals surface area contributed by atoms with Crippen LogP contribution in [0.1, 0.15) is 29.3 Å². The molecule has 0 radical (unpaired) electrons. The number of nitrogens with one attached hydrogen (secondary N) is 1. The first-order chi connectivity index (χ1) is 14.0. The SMILES string of the molecule is CN1C(=O)C[C@H](N2CCc3c([nH]c4ccccc34)[C@H]2c2c(F)cccc2Cl)C1=O. The highest BCUT2D eigenvalue weighted by Crippen LogP contribution is 2.43. The fourth-order valence-electron chi connectivity index (χ4n) is 4.67. The lowest BCUT2D eigenvalue weighted by Gasteiger charge is -2.39. The maximum absolute atomic E-state index is 15.0. The van der Waals surface area contributed by atoms with E-state index in [9.17, 15) is 9.59 Å². The molecule has 2 atom stereocenters. The minimum atomic E-state index is -0.632. The number of amides is 2. The van der Waals surface area contributed by atoms with Gasteiger partial charge < -0.3 is 4.98 Å². The van der Waals surface area contributed by atoms with Crippen LogP contribution in [0.4, 0.5) is 4.39 Å². The Morgan fingerprint density at radius 2 is 1.93 bits per heavy atom. The zero-order valence-corrected chi connectivity index (χ0v) is 16.5. The Kier molecular flexibility index (Phi) is 4.22. The van der Waals surface area contributed by atoms with Gasteiger partial charge in [0.1, 0.15) is 5.82 Å². The molecular weight excluding hydrogens is 393 g/mol. The first-order valence-corrected chi connectivity index (χ1v) is 9.94. The molecule has 3 aromatic rings. The summed E-state index contributed by atoms with van der Waals surface area (Å²) in [6.07, 6.45) is 0.789. The monoisotopic (exact) mass is 411 g/mol. The van der Waals surface area contributed by atoms with Crippen LogP contribution in [-0.4, -0.2) is 46.2 Å². The molecule has 1 aromatic heterocycles. The van der Waals surface area contributed by atoms with Crippen molar-refractivity contribution in [1.29, 1.82) is 0 Å². The molecule has 2 aromatic carbocycles. The molecular formula is C22H19ClFN3O2. The largest absolute Gasteiger partial charge is 0.357 e. The molecule has 2 aliphatic rings. The number of nitrogens with zero attached hydrogens (tertiary/aromatic N) is 2. The molecule has 3 heterocycles. The van der Waals surface area contributed by atoms with Crippen LogP contribution in [0.2, 0.25) is 5.02 Å². The Hall–Kier alpha value is -2.70. The van der Waals surface area contributed by atoms with Crippen LogP contribution in [0, 0.1) is 5.82 Å². The Morgan fingerprint density at radius 1 is 1.14 bits per heavy atom.